The maximum atomic E-state index is 15.0. The quantitative estimate of drug-likeness (QED) is 0.436. The average Bonchev–Trinajstić information content (AvgIpc) is 3.54. The van der Waals surface area contributed by atoms with Crippen LogP contribution in [0.4, 0.5) is 5.69 Å². The van der Waals surface area contributed by atoms with Gasteiger partial charge in [-0.15, -0.1) is 13.2 Å². The maximum Gasteiger partial charge on any atom is 0.253 e. The van der Waals surface area contributed by atoms with E-state index in [2.05, 4.69) is 13.2 Å². The molecule has 2 aromatic carbocycles. The van der Waals surface area contributed by atoms with E-state index in [-0.39, 0.29) is 30.9 Å². The van der Waals surface area contributed by atoms with Crippen LogP contribution in [0, 0.1) is 25.7 Å². The number of aliphatic hydroxyl groups is 1. The summed E-state index contributed by atoms with van der Waals surface area (Å²) in [6.07, 6.45) is 4.30. The molecule has 0 saturated carbocycles. The van der Waals surface area contributed by atoms with Crippen molar-refractivity contribution in [2.75, 3.05) is 31.6 Å². The van der Waals surface area contributed by atoms with E-state index in [1.54, 1.807) is 29.0 Å². The average molecular weight is 572 g/mol. The molecule has 42 heavy (non-hydrogen) atoms. The number of nitrogens with zero attached hydrogens (tertiary/aromatic N) is 3. The van der Waals surface area contributed by atoms with Crippen LogP contribution in [-0.4, -0.2) is 76.6 Å². The Morgan fingerprint density at radius 1 is 1.10 bits per heavy atom. The van der Waals surface area contributed by atoms with Gasteiger partial charge in [-0.1, -0.05) is 54.6 Å². The first-order chi connectivity index (χ1) is 20.0. The Bertz CT molecular complexity index is 1410. The van der Waals surface area contributed by atoms with E-state index in [0.29, 0.717) is 24.9 Å². The van der Waals surface area contributed by atoms with Crippen LogP contribution in [0.2, 0.25) is 0 Å². The zero-order valence-electron chi connectivity index (χ0n) is 25.0. The first kappa shape index (κ1) is 29.7. The zero-order valence-corrected chi connectivity index (χ0v) is 25.0. The van der Waals surface area contributed by atoms with Gasteiger partial charge in [0.25, 0.3) is 5.91 Å². The number of aliphatic hydroxyl groups excluding tert-OH is 1. The molecule has 3 amide bonds. The van der Waals surface area contributed by atoms with Gasteiger partial charge < -0.3 is 24.5 Å². The number of anilines is 1. The smallest absolute Gasteiger partial charge is 0.253 e. The van der Waals surface area contributed by atoms with Crippen molar-refractivity contribution in [2.24, 2.45) is 11.8 Å². The summed E-state index contributed by atoms with van der Waals surface area (Å²) < 4.78 is 6.83. The predicted octanol–water partition coefficient (Wildman–Crippen LogP) is 3.97. The molecule has 1 spiro atoms. The van der Waals surface area contributed by atoms with E-state index >= 15 is 0 Å². The first-order valence-electron chi connectivity index (χ1n) is 14.6. The van der Waals surface area contributed by atoms with Gasteiger partial charge in [0.2, 0.25) is 11.8 Å². The first-order valence-corrected chi connectivity index (χ1v) is 14.6. The molecule has 2 bridgehead atoms. The van der Waals surface area contributed by atoms with Gasteiger partial charge in [0.15, 0.2) is 0 Å². The van der Waals surface area contributed by atoms with Crippen LogP contribution in [0.3, 0.4) is 0 Å². The van der Waals surface area contributed by atoms with Gasteiger partial charge in [0, 0.05) is 25.8 Å². The van der Waals surface area contributed by atoms with Crippen LogP contribution in [0.1, 0.15) is 42.5 Å². The number of rotatable bonds is 10. The number of ether oxygens (including phenoxy) is 1. The number of fused-ring (bicyclic) bond motifs is 1. The molecule has 2 unspecified atom stereocenters. The molecule has 222 valence electrons. The van der Waals surface area contributed by atoms with Crippen LogP contribution < -0.4 is 4.90 Å². The zero-order chi connectivity index (χ0) is 30.4. The summed E-state index contributed by atoms with van der Waals surface area (Å²) in [7, 11) is 1.69. The molecule has 8 nitrogen and oxygen atoms in total. The number of hydrogen-bond donors (Lipinski definition) is 1. The van der Waals surface area contributed by atoms with Gasteiger partial charge in [0.05, 0.1) is 30.1 Å². The Labute approximate surface area is 248 Å². The third-order valence-corrected chi connectivity index (χ3v) is 9.42. The second-order valence-electron chi connectivity index (χ2n) is 12.1. The van der Waals surface area contributed by atoms with Crippen molar-refractivity contribution in [3.63, 3.8) is 0 Å². The minimum absolute atomic E-state index is 0.205. The van der Waals surface area contributed by atoms with Gasteiger partial charge in [-0.25, -0.2) is 0 Å². The largest absolute Gasteiger partial charge is 0.394 e. The maximum absolute atomic E-state index is 15.0. The molecule has 2 aromatic rings. The van der Waals surface area contributed by atoms with Gasteiger partial charge in [-0.3, -0.25) is 14.4 Å². The third-order valence-electron chi connectivity index (χ3n) is 9.42. The Morgan fingerprint density at radius 3 is 2.43 bits per heavy atom. The van der Waals surface area contributed by atoms with Gasteiger partial charge in [-0.2, -0.15) is 0 Å². The molecule has 5 rings (SSSR count). The molecule has 1 N–H and O–H groups in total. The Morgan fingerprint density at radius 2 is 1.79 bits per heavy atom. The van der Waals surface area contributed by atoms with Gasteiger partial charge in [0.1, 0.15) is 11.6 Å². The molecule has 0 aliphatic carbocycles. The minimum atomic E-state index is -1.22. The fraction of sp³-hybridized carbons (Fsp3) is 0.441. The van der Waals surface area contributed by atoms with Crippen LogP contribution in [0.15, 0.2) is 73.8 Å². The highest BCUT2D eigenvalue weighted by molar-refractivity contribution is 6.05. The Kier molecular flexibility index (Phi) is 7.89. The van der Waals surface area contributed by atoms with Gasteiger partial charge in [-0.05, 0) is 56.4 Å². The summed E-state index contributed by atoms with van der Waals surface area (Å²) >= 11 is 0. The molecule has 6 atom stereocenters. The van der Waals surface area contributed by atoms with Crippen LogP contribution in [0.25, 0.3) is 0 Å². The highest BCUT2D eigenvalue weighted by Crippen LogP contribution is 2.64. The summed E-state index contributed by atoms with van der Waals surface area (Å²) in [5, 5.41) is 10.7. The second kappa shape index (κ2) is 11.2. The molecule has 8 heteroatoms. The monoisotopic (exact) mass is 571 g/mol. The van der Waals surface area contributed by atoms with Gasteiger partial charge >= 0.3 is 0 Å². The number of aryl methyl sites for hydroxylation is 2. The summed E-state index contributed by atoms with van der Waals surface area (Å²) in [6, 6.07) is 13.3. The lowest BCUT2D eigenvalue weighted by Gasteiger charge is -2.40. The summed E-state index contributed by atoms with van der Waals surface area (Å²) in [4.78, 5) is 48.3. The lowest BCUT2D eigenvalue weighted by molar-refractivity contribution is -0.151. The molecule has 3 aliphatic heterocycles. The topological polar surface area (TPSA) is 90.4 Å². The molecule has 0 radical (unpaired) electrons. The summed E-state index contributed by atoms with van der Waals surface area (Å²) in [5.74, 6) is -2.50. The van der Waals surface area contributed by atoms with Crippen LogP contribution in [-0.2, 0) is 19.1 Å². The summed E-state index contributed by atoms with van der Waals surface area (Å²) in [5.41, 5.74) is 1.21. The van der Waals surface area contributed by atoms with E-state index in [1.165, 1.54) is 4.90 Å². The third kappa shape index (κ3) is 4.48. The number of carbonyl (C=O) groups is 3. The van der Waals surface area contributed by atoms with E-state index in [4.69, 9.17) is 4.74 Å². The van der Waals surface area contributed by atoms with Crippen molar-refractivity contribution in [2.45, 2.75) is 56.9 Å². The number of carbonyl (C=O) groups excluding carboxylic acids is 3. The minimum Gasteiger partial charge on any atom is -0.394 e. The van der Waals surface area contributed by atoms with Crippen molar-refractivity contribution in [3.05, 3.63) is 90.5 Å². The molecule has 0 aromatic heterocycles. The lowest BCUT2D eigenvalue weighted by Crippen LogP contribution is -2.57. The Hall–Kier alpha value is -3.75. The molecular formula is C34H41N3O5. The summed E-state index contributed by atoms with van der Waals surface area (Å²) in [6.45, 7) is 13.6. The van der Waals surface area contributed by atoms with E-state index in [0.717, 1.165) is 16.8 Å². The fourth-order valence-electron chi connectivity index (χ4n) is 7.50. The van der Waals surface area contributed by atoms with Crippen molar-refractivity contribution in [1.82, 2.24) is 9.80 Å². The van der Waals surface area contributed by atoms with Crippen molar-refractivity contribution in [3.8, 4) is 0 Å². The highest BCUT2D eigenvalue weighted by atomic mass is 16.5. The van der Waals surface area contributed by atoms with Crippen LogP contribution in [0.5, 0.6) is 0 Å². The molecular weight excluding hydrogens is 530 g/mol. The van der Waals surface area contributed by atoms with E-state index in [1.807, 2.05) is 69.3 Å². The molecule has 3 aliphatic rings. The number of benzene rings is 2. The second-order valence-corrected chi connectivity index (χ2v) is 12.1. The van der Waals surface area contributed by atoms with Crippen LogP contribution >= 0.6 is 0 Å². The van der Waals surface area contributed by atoms with Crippen molar-refractivity contribution >= 4 is 23.4 Å². The molecule has 3 heterocycles. The number of likely N-dealkylation sites (N-methyl/N-ethyl adjacent to an activating group) is 1. The fourth-order valence-corrected chi connectivity index (χ4v) is 7.50. The lowest BCUT2D eigenvalue weighted by atomic mass is 9.66. The van der Waals surface area contributed by atoms with Crippen molar-refractivity contribution in [1.29, 1.82) is 0 Å². The van der Waals surface area contributed by atoms with Crippen molar-refractivity contribution < 1.29 is 24.2 Å². The van der Waals surface area contributed by atoms with E-state index in [9.17, 15) is 19.5 Å². The SMILES string of the molecule is C=CCN(C)C(=O)[C@@H]1[C@H]2C(=O)N([C@H](CO)c3ccccc3)C(C(=O)N(CC=C)c3cc(C)ccc3C)C23CC[C@@]1(C)O3. The predicted molar refractivity (Wildman–Crippen MR) is 162 cm³/mol. The molecule has 3 fully saturated rings. The highest BCUT2D eigenvalue weighted by Gasteiger charge is 2.79. The standard InChI is InChI=1S/C34H41N3O5/c1-7-18-35(6)30(39)27-28-31(40)37(26(21-38)24-12-10-9-11-13-24)29(34(28)17-16-33(27,5)42-34)32(41)36(19-8-2)25-20-22(3)14-15-23(25)4/h7-15,20,26-29,38H,1-2,16-19,21H2,3-6H3/t26-,27+,28+,29?,33-,34?/m1/s1. The number of hydrogen-bond acceptors (Lipinski definition) is 5. The number of amides is 3. The van der Waals surface area contributed by atoms with E-state index < -0.39 is 35.1 Å². The Balaban J connectivity index is 1.69. The number of likely N-dealkylation sites (tertiary alicyclic amines) is 1. The molecule has 3 saturated heterocycles. The normalized spacial score (nSPS) is 28.4.